The number of hydrogen-bond acceptors (Lipinski definition) is 2. The number of carbonyl (C=O) groups excluding carboxylic acids is 1. The Kier molecular flexibility index (Phi) is 4.73. The van der Waals surface area contributed by atoms with Gasteiger partial charge in [-0.05, 0) is 31.0 Å². The predicted molar refractivity (Wildman–Crippen MR) is 73.2 cm³/mol. The van der Waals surface area contributed by atoms with Gasteiger partial charge in [-0.2, -0.15) is 13.2 Å². The molecular weight excluding hydrogens is 299 g/mol. The van der Waals surface area contributed by atoms with E-state index in [1.807, 2.05) is 0 Å². The number of benzene rings is 1. The van der Waals surface area contributed by atoms with E-state index >= 15 is 0 Å². The Hall–Kier alpha value is -2.05. The first-order valence-corrected chi connectivity index (χ1v) is 7.00. The van der Waals surface area contributed by atoms with Crippen LogP contribution in [0.25, 0.3) is 0 Å². The fourth-order valence-electron chi connectivity index (χ4n) is 2.75. The summed E-state index contributed by atoms with van der Waals surface area (Å²) >= 11 is 0. The van der Waals surface area contributed by atoms with E-state index < -0.39 is 35.5 Å². The van der Waals surface area contributed by atoms with Gasteiger partial charge in [-0.15, -0.1) is 0 Å². The maximum Gasteiger partial charge on any atom is 0.416 e. The van der Waals surface area contributed by atoms with Crippen molar-refractivity contribution in [2.24, 2.45) is 11.8 Å². The van der Waals surface area contributed by atoms with Crippen molar-refractivity contribution in [2.45, 2.75) is 31.9 Å². The maximum absolute atomic E-state index is 12.6. The Morgan fingerprint density at radius 1 is 1.14 bits per heavy atom. The number of nitrogens with one attached hydrogen (secondary N) is 1. The third-order valence-corrected chi connectivity index (χ3v) is 3.88. The second kappa shape index (κ2) is 6.37. The SMILES string of the molecule is O=C(O)[C@H]1CCCC[C@H]1C(=O)Nc1cccc(C(F)(F)F)c1. The van der Waals surface area contributed by atoms with Crippen LogP contribution in [0.1, 0.15) is 31.2 Å². The highest BCUT2D eigenvalue weighted by atomic mass is 19.4. The van der Waals surface area contributed by atoms with Crippen LogP contribution < -0.4 is 5.32 Å². The van der Waals surface area contributed by atoms with Gasteiger partial charge in [0.1, 0.15) is 0 Å². The first-order valence-electron chi connectivity index (χ1n) is 7.00. The molecule has 7 heteroatoms. The number of amides is 1. The minimum Gasteiger partial charge on any atom is -0.481 e. The van der Waals surface area contributed by atoms with Gasteiger partial charge in [-0.25, -0.2) is 0 Å². The van der Waals surface area contributed by atoms with Gasteiger partial charge in [0.05, 0.1) is 17.4 Å². The molecule has 1 amide bonds. The highest BCUT2D eigenvalue weighted by Crippen LogP contribution is 2.33. The third-order valence-electron chi connectivity index (χ3n) is 3.88. The summed E-state index contributed by atoms with van der Waals surface area (Å²) in [6.45, 7) is 0. The van der Waals surface area contributed by atoms with Crippen LogP contribution in [0.3, 0.4) is 0 Å². The van der Waals surface area contributed by atoms with Crippen LogP contribution >= 0.6 is 0 Å². The van der Waals surface area contributed by atoms with Gasteiger partial charge >= 0.3 is 12.1 Å². The molecule has 4 nitrogen and oxygen atoms in total. The highest BCUT2D eigenvalue weighted by Gasteiger charge is 2.36. The molecule has 0 aromatic heterocycles. The second-order valence-electron chi connectivity index (χ2n) is 5.40. The molecular formula is C15H16F3NO3. The third kappa shape index (κ3) is 3.78. The summed E-state index contributed by atoms with van der Waals surface area (Å²) in [4.78, 5) is 23.4. The molecule has 0 spiro atoms. The molecule has 120 valence electrons. The summed E-state index contributed by atoms with van der Waals surface area (Å²) in [5.41, 5.74) is -0.835. The van der Waals surface area contributed by atoms with E-state index in [2.05, 4.69) is 5.32 Å². The molecule has 0 unspecified atom stereocenters. The number of anilines is 1. The molecule has 2 N–H and O–H groups in total. The van der Waals surface area contributed by atoms with E-state index in [4.69, 9.17) is 5.11 Å². The smallest absolute Gasteiger partial charge is 0.416 e. The first-order chi connectivity index (χ1) is 10.3. The molecule has 2 rings (SSSR count). The lowest BCUT2D eigenvalue weighted by atomic mass is 9.78. The van der Waals surface area contributed by atoms with Crippen molar-refractivity contribution < 1.29 is 27.9 Å². The molecule has 0 saturated heterocycles. The van der Waals surface area contributed by atoms with E-state index in [9.17, 15) is 22.8 Å². The zero-order chi connectivity index (χ0) is 16.3. The second-order valence-corrected chi connectivity index (χ2v) is 5.40. The Labute approximate surface area is 125 Å². The van der Waals surface area contributed by atoms with Crippen molar-refractivity contribution in [3.63, 3.8) is 0 Å². The van der Waals surface area contributed by atoms with Gasteiger partial charge < -0.3 is 10.4 Å². The Balaban J connectivity index is 2.12. The zero-order valence-electron chi connectivity index (χ0n) is 11.7. The number of alkyl halides is 3. The lowest BCUT2D eigenvalue weighted by Gasteiger charge is -2.27. The number of aliphatic carboxylic acids is 1. The van der Waals surface area contributed by atoms with Gasteiger partial charge in [0.25, 0.3) is 0 Å². The van der Waals surface area contributed by atoms with Crippen molar-refractivity contribution >= 4 is 17.6 Å². The lowest BCUT2D eigenvalue weighted by molar-refractivity contribution is -0.147. The van der Waals surface area contributed by atoms with E-state index in [1.165, 1.54) is 12.1 Å². The molecule has 0 radical (unpaired) electrons. The van der Waals surface area contributed by atoms with Crippen LogP contribution in [0, 0.1) is 11.8 Å². The Bertz CT molecular complexity index is 571. The number of rotatable bonds is 3. The molecule has 1 aromatic carbocycles. The van der Waals surface area contributed by atoms with Crippen LogP contribution in [0.5, 0.6) is 0 Å². The predicted octanol–water partition coefficient (Wildman–Crippen LogP) is 3.53. The van der Waals surface area contributed by atoms with Crippen molar-refractivity contribution in [3.8, 4) is 0 Å². The molecule has 2 atom stereocenters. The van der Waals surface area contributed by atoms with Gasteiger partial charge in [-0.3, -0.25) is 9.59 Å². The maximum atomic E-state index is 12.6. The van der Waals surface area contributed by atoms with Crippen LogP contribution in [0.2, 0.25) is 0 Å². The van der Waals surface area contributed by atoms with Crippen molar-refractivity contribution in [2.75, 3.05) is 5.32 Å². The number of halogens is 3. The summed E-state index contributed by atoms with van der Waals surface area (Å²) in [7, 11) is 0. The van der Waals surface area contributed by atoms with Crippen molar-refractivity contribution in [1.82, 2.24) is 0 Å². The first kappa shape index (κ1) is 16.3. The van der Waals surface area contributed by atoms with E-state index in [0.29, 0.717) is 12.8 Å². The van der Waals surface area contributed by atoms with Crippen molar-refractivity contribution in [1.29, 1.82) is 0 Å². The quantitative estimate of drug-likeness (QED) is 0.896. The van der Waals surface area contributed by atoms with Crippen LogP contribution in [0.15, 0.2) is 24.3 Å². The summed E-state index contributed by atoms with van der Waals surface area (Å²) in [5, 5.41) is 11.6. The monoisotopic (exact) mass is 315 g/mol. The molecule has 1 aliphatic carbocycles. The number of carboxylic acids is 1. The normalized spacial score (nSPS) is 22.1. The molecule has 1 aromatic rings. The average molecular weight is 315 g/mol. The fraction of sp³-hybridized carbons (Fsp3) is 0.467. The molecule has 1 saturated carbocycles. The van der Waals surface area contributed by atoms with Gasteiger partial charge in [-0.1, -0.05) is 18.9 Å². The van der Waals surface area contributed by atoms with Gasteiger partial charge in [0, 0.05) is 5.69 Å². The zero-order valence-corrected chi connectivity index (χ0v) is 11.7. The number of carbonyl (C=O) groups is 2. The minimum atomic E-state index is -4.49. The summed E-state index contributed by atoms with van der Waals surface area (Å²) in [6, 6.07) is 4.31. The molecule has 0 aliphatic heterocycles. The highest BCUT2D eigenvalue weighted by molar-refractivity contribution is 5.95. The summed E-state index contributed by atoms with van der Waals surface area (Å²) < 4.78 is 37.9. The minimum absolute atomic E-state index is 0.0227. The molecule has 1 aliphatic rings. The van der Waals surface area contributed by atoms with E-state index in [-0.39, 0.29) is 5.69 Å². The average Bonchev–Trinajstić information content (AvgIpc) is 2.46. The largest absolute Gasteiger partial charge is 0.481 e. The number of carboxylic acid groups (broad SMARTS) is 1. The Morgan fingerprint density at radius 2 is 1.77 bits per heavy atom. The summed E-state index contributed by atoms with van der Waals surface area (Å²) in [5.74, 6) is -3.06. The van der Waals surface area contributed by atoms with Crippen molar-refractivity contribution in [3.05, 3.63) is 29.8 Å². The van der Waals surface area contributed by atoms with E-state index in [1.54, 1.807) is 0 Å². The Morgan fingerprint density at radius 3 is 2.36 bits per heavy atom. The molecule has 22 heavy (non-hydrogen) atoms. The van der Waals surface area contributed by atoms with Crippen LogP contribution in [0.4, 0.5) is 18.9 Å². The van der Waals surface area contributed by atoms with Crippen LogP contribution in [-0.2, 0) is 15.8 Å². The van der Waals surface area contributed by atoms with Crippen LogP contribution in [-0.4, -0.2) is 17.0 Å². The van der Waals surface area contributed by atoms with E-state index in [0.717, 1.165) is 25.0 Å². The van der Waals surface area contributed by atoms with Gasteiger partial charge in [0.2, 0.25) is 5.91 Å². The van der Waals surface area contributed by atoms with Gasteiger partial charge in [0.15, 0.2) is 0 Å². The topological polar surface area (TPSA) is 66.4 Å². The lowest BCUT2D eigenvalue weighted by Crippen LogP contribution is -2.36. The molecule has 1 fully saturated rings. The standard InChI is InChI=1S/C15H16F3NO3/c16-15(17,18)9-4-3-5-10(8-9)19-13(20)11-6-1-2-7-12(11)14(21)22/h3-5,8,11-12H,1-2,6-7H2,(H,19,20)(H,21,22)/t11-,12+/m1/s1. The molecule has 0 heterocycles. The fourth-order valence-corrected chi connectivity index (χ4v) is 2.75. The number of hydrogen-bond donors (Lipinski definition) is 2. The molecule has 0 bridgehead atoms. The summed E-state index contributed by atoms with van der Waals surface area (Å²) in [6.07, 6.45) is -2.16.